The molecule has 98 valence electrons. The van der Waals surface area contributed by atoms with Gasteiger partial charge in [0.1, 0.15) is 5.82 Å². The van der Waals surface area contributed by atoms with Gasteiger partial charge in [-0.15, -0.1) is 0 Å². The van der Waals surface area contributed by atoms with Crippen molar-refractivity contribution < 1.29 is 14.3 Å². The number of hydrogen-bond acceptors (Lipinski definition) is 2. The summed E-state index contributed by atoms with van der Waals surface area (Å²) in [5.74, 6) is -0.555. The van der Waals surface area contributed by atoms with Crippen LogP contribution in [0.4, 0.5) is 4.39 Å². The van der Waals surface area contributed by atoms with Crippen molar-refractivity contribution in [2.24, 2.45) is 5.41 Å². The molecule has 2 unspecified atom stereocenters. The fourth-order valence-corrected chi connectivity index (χ4v) is 2.27. The number of aliphatic hydroxyl groups is 1. The van der Waals surface area contributed by atoms with Crippen molar-refractivity contribution in [2.75, 3.05) is 0 Å². The number of aryl methyl sites for hydroxylation is 1. The van der Waals surface area contributed by atoms with Crippen molar-refractivity contribution in [1.82, 2.24) is 5.32 Å². The first-order valence-electron chi connectivity index (χ1n) is 6.07. The van der Waals surface area contributed by atoms with Crippen LogP contribution >= 0.6 is 0 Å². The smallest absolute Gasteiger partial charge is 0.251 e. The second-order valence-corrected chi connectivity index (χ2v) is 5.56. The third-order valence-electron chi connectivity index (χ3n) is 3.95. The highest BCUT2D eigenvalue weighted by Crippen LogP contribution is 2.40. The molecule has 3 nitrogen and oxygen atoms in total. The Morgan fingerprint density at radius 1 is 1.50 bits per heavy atom. The molecule has 1 aromatic rings. The van der Waals surface area contributed by atoms with Crippen molar-refractivity contribution >= 4 is 5.91 Å². The van der Waals surface area contributed by atoms with Gasteiger partial charge in [0.15, 0.2) is 0 Å². The molecule has 1 fully saturated rings. The van der Waals surface area contributed by atoms with Gasteiger partial charge in [-0.25, -0.2) is 4.39 Å². The number of amides is 1. The topological polar surface area (TPSA) is 49.3 Å². The molecule has 0 spiro atoms. The lowest BCUT2D eigenvalue weighted by Crippen LogP contribution is -2.61. The summed E-state index contributed by atoms with van der Waals surface area (Å²) >= 11 is 0. The molecule has 1 amide bonds. The SMILES string of the molecule is Cc1cc(F)ccc1C(=O)NC1CC(O)C1(C)C. The normalized spacial score (nSPS) is 25.4. The maximum atomic E-state index is 13.0. The fourth-order valence-electron chi connectivity index (χ4n) is 2.27. The number of nitrogens with one attached hydrogen (secondary N) is 1. The van der Waals surface area contributed by atoms with E-state index in [1.165, 1.54) is 18.2 Å². The summed E-state index contributed by atoms with van der Waals surface area (Å²) in [6, 6.07) is 4.07. The molecule has 2 N–H and O–H groups in total. The van der Waals surface area contributed by atoms with Crippen LogP contribution in [0.5, 0.6) is 0 Å². The van der Waals surface area contributed by atoms with Crippen molar-refractivity contribution in [3.05, 3.63) is 35.1 Å². The number of rotatable bonds is 2. The summed E-state index contributed by atoms with van der Waals surface area (Å²) in [6.45, 7) is 5.55. The van der Waals surface area contributed by atoms with E-state index >= 15 is 0 Å². The maximum absolute atomic E-state index is 13.0. The van der Waals surface area contributed by atoms with Gasteiger partial charge in [-0.2, -0.15) is 0 Å². The van der Waals surface area contributed by atoms with E-state index in [4.69, 9.17) is 0 Å². The molecular weight excluding hydrogens is 233 g/mol. The molecule has 0 aliphatic heterocycles. The molecule has 4 heteroatoms. The monoisotopic (exact) mass is 251 g/mol. The Bertz CT molecular complexity index is 485. The number of hydrogen-bond donors (Lipinski definition) is 2. The van der Waals surface area contributed by atoms with Crippen LogP contribution in [0.3, 0.4) is 0 Å². The van der Waals surface area contributed by atoms with Crippen molar-refractivity contribution in [2.45, 2.75) is 39.3 Å². The second kappa shape index (κ2) is 4.35. The molecule has 1 aromatic carbocycles. The van der Waals surface area contributed by atoms with E-state index < -0.39 is 0 Å². The number of aliphatic hydroxyl groups excluding tert-OH is 1. The summed E-state index contributed by atoms with van der Waals surface area (Å²) in [4.78, 5) is 12.1. The lowest BCUT2D eigenvalue weighted by molar-refractivity contribution is -0.0689. The fraction of sp³-hybridized carbons (Fsp3) is 0.500. The molecular formula is C14H18FNO2. The standard InChI is InChI=1S/C14H18FNO2/c1-8-6-9(15)4-5-10(8)13(18)16-11-7-12(17)14(11,2)3/h4-6,11-12,17H,7H2,1-3H3,(H,16,18). The predicted octanol–water partition coefficient (Wildman–Crippen LogP) is 2.02. The first-order chi connectivity index (χ1) is 8.32. The van der Waals surface area contributed by atoms with E-state index in [9.17, 15) is 14.3 Å². The van der Waals surface area contributed by atoms with E-state index in [1.807, 2.05) is 13.8 Å². The van der Waals surface area contributed by atoms with Crippen LogP contribution in [-0.2, 0) is 0 Å². The summed E-state index contributed by atoms with van der Waals surface area (Å²) < 4.78 is 13.0. The van der Waals surface area contributed by atoms with E-state index in [-0.39, 0.29) is 29.3 Å². The average Bonchev–Trinajstić information content (AvgIpc) is 2.28. The molecule has 0 saturated heterocycles. The zero-order valence-electron chi connectivity index (χ0n) is 10.8. The molecule has 1 aliphatic rings. The van der Waals surface area contributed by atoms with Gasteiger partial charge in [0, 0.05) is 17.0 Å². The third kappa shape index (κ3) is 2.12. The van der Waals surface area contributed by atoms with Crippen molar-refractivity contribution in [1.29, 1.82) is 0 Å². The lowest BCUT2D eigenvalue weighted by Gasteiger charge is -2.49. The van der Waals surface area contributed by atoms with Crippen LogP contribution in [0, 0.1) is 18.2 Å². The largest absolute Gasteiger partial charge is 0.392 e. The molecule has 1 aliphatic carbocycles. The second-order valence-electron chi connectivity index (χ2n) is 5.56. The van der Waals surface area contributed by atoms with Crippen LogP contribution in [-0.4, -0.2) is 23.2 Å². The minimum atomic E-state index is -0.378. The Balaban J connectivity index is 2.09. The highest BCUT2D eigenvalue weighted by Gasteiger charge is 2.48. The van der Waals surface area contributed by atoms with E-state index in [2.05, 4.69) is 5.32 Å². The zero-order valence-corrected chi connectivity index (χ0v) is 10.8. The molecule has 18 heavy (non-hydrogen) atoms. The molecule has 1 saturated carbocycles. The van der Waals surface area contributed by atoms with Crippen LogP contribution in [0.15, 0.2) is 18.2 Å². The van der Waals surface area contributed by atoms with Crippen LogP contribution < -0.4 is 5.32 Å². The summed E-state index contributed by atoms with van der Waals surface area (Å²) in [5.41, 5.74) is 0.794. The Morgan fingerprint density at radius 3 is 2.67 bits per heavy atom. The Labute approximate surface area is 106 Å². The van der Waals surface area contributed by atoms with Gasteiger partial charge in [0.2, 0.25) is 0 Å². The molecule has 0 aromatic heterocycles. The van der Waals surface area contributed by atoms with Gasteiger partial charge in [-0.05, 0) is 37.1 Å². The predicted molar refractivity (Wildman–Crippen MR) is 66.8 cm³/mol. The van der Waals surface area contributed by atoms with E-state index in [0.29, 0.717) is 17.5 Å². The first kappa shape index (κ1) is 13.0. The lowest BCUT2D eigenvalue weighted by atomic mass is 9.64. The minimum absolute atomic E-state index is 0.0375. The average molecular weight is 251 g/mol. The summed E-state index contributed by atoms with van der Waals surface area (Å²) in [6.07, 6.45) is 0.191. The third-order valence-corrected chi connectivity index (χ3v) is 3.95. The maximum Gasteiger partial charge on any atom is 0.251 e. The van der Waals surface area contributed by atoms with Gasteiger partial charge < -0.3 is 10.4 Å². The van der Waals surface area contributed by atoms with Crippen molar-refractivity contribution in [3.8, 4) is 0 Å². The molecule has 0 radical (unpaired) electrons. The molecule has 2 atom stereocenters. The Kier molecular flexibility index (Phi) is 3.15. The van der Waals surface area contributed by atoms with Crippen LogP contribution in [0.1, 0.15) is 36.2 Å². The highest BCUT2D eigenvalue weighted by atomic mass is 19.1. The molecule has 0 bridgehead atoms. The van der Waals surface area contributed by atoms with Gasteiger partial charge in [0.05, 0.1) is 6.10 Å². The number of benzene rings is 1. The molecule has 0 heterocycles. The summed E-state index contributed by atoms with van der Waals surface area (Å²) in [7, 11) is 0. The Hall–Kier alpha value is -1.42. The van der Waals surface area contributed by atoms with Gasteiger partial charge in [-0.1, -0.05) is 13.8 Å². The van der Waals surface area contributed by atoms with Gasteiger partial charge in [0.25, 0.3) is 5.91 Å². The van der Waals surface area contributed by atoms with Crippen LogP contribution in [0.25, 0.3) is 0 Å². The van der Waals surface area contributed by atoms with Gasteiger partial charge >= 0.3 is 0 Å². The highest BCUT2D eigenvalue weighted by molar-refractivity contribution is 5.95. The van der Waals surface area contributed by atoms with Crippen LogP contribution in [0.2, 0.25) is 0 Å². The first-order valence-corrected chi connectivity index (χ1v) is 6.07. The van der Waals surface area contributed by atoms with Gasteiger partial charge in [-0.3, -0.25) is 4.79 Å². The minimum Gasteiger partial charge on any atom is -0.392 e. The summed E-state index contributed by atoms with van der Waals surface area (Å²) in [5, 5.41) is 12.5. The zero-order chi connectivity index (χ0) is 13.5. The number of carbonyl (C=O) groups is 1. The number of halogens is 1. The van der Waals surface area contributed by atoms with E-state index in [0.717, 1.165) is 0 Å². The van der Waals surface area contributed by atoms with Crippen molar-refractivity contribution in [3.63, 3.8) is 0 Å². The number of carbonyl (C=O) groups excluding carboxylic acids is 1. The molecule has 2 rings (SSSR count). The quantitative estimate of drug-likeness (QED) is 0.845. The van der Waals surface area contributed by atoms with E-state index in [1.54, 1.807) is 6.92 Å². The Morgan fingerprint density at radius 2 is 2.17 bits per heavy atom.